The fourth-order valence-electron chi connectivity index (χ4n) is 4.65. The lowest BCUT2D eigenvalue weighted by molar-refractivity contribution is 0.0718. The van der Waals surface area contributed by atoms with E-state index in [1.807, 2.05) is 29.2 Å². The summed E-state index contributed by atoms with van der Waals surface area (Å²) in [5.74, 6) is 0.0565. The zero-order valence-electron chi connectivity index (χ0n) is 19.6. The molecule has 0 spiro atoms. The van der Waals surface area contributed by atoms with Crippen molar-refractivity contribution < 1.29 is 4.79 Å². The lowest BCUT2D eigenvalue weighted by atomic mass is 10.1. The van der Waals surface area contributed by atoms with Gasteiger partial charge in [-0.15, -0.1) is 0 Å². The molecule has 34 heavy (non-hydrogen) atoms. The van der Waals surface area contributed by atoms with Crippen LogP contribution in [0.5, 0.6) is 0 Å². The monoisotopic (exact) mass is 489 g/mol. The molecule has 0 radical (unpaired) electrons. The number of rotatable bonds is 4. The predicted molar refractivity (Wildman–Crippen MR) is 143 cm³/mol. The number of hydrogen-bond donors (Lipinski definition) is 1. The lowest BCUT2D eigenvalue weighted by Gasteiger charge is -2.41. The van der Waals surface area contributed by atoms with Crippen LogP contribution < -0.4 is 4.90 Å². The van der Waals surface area contributed by atoms with Crippen molar-refractivity contribution in [1.82, 2.24) is 9.88 Å². The Bertz CT molecular complexity index is 1350. The molecule has 6 heteroatoms. The Morgan fingerprint density at radius 3 is 2.50 bits per heavy atom. The first-order valence-electron chi connectivity index (χ1n) is 11.6. The van der Waals surface area contributed by atoms with E-state index in [2.05, 4.69) is 73.1 Å². The third kappa shape index (κ3) is 4.55. The van der Waals surface area contributed by atoms with Gasteiger partial charge in [-0.1, -0.05) is 47.6 Å². The van der Waals surface area contributed by atoms with E-state index in [0.717, 1.165) is 32.8 Å². The minimum atomic E-state index is 0.0565. The average molecular weight is 490 g/mol. The molecule has 1 atom stereocenters. The number of benzene rings is 3. The van der Waals surface area contributed by atoms with E-state index in [0.29, 0.717) is 23.8 Å². The third-order valence-electron chi connectivity index (χ3n) is 6.40. The molecule has 2 heterocycles. The molecule has 1 saturated heterocycles. The second kappa shape index (κ2) is 9.40. The van der Waals surface area contributed by atoms with Crippen molar-refractivity contribution in [1.29, 1.82) is 0 Å². The Morgan fingerprint density at radius 1 is 1.00 bits per heavy atom. The molecule has 0 saturated carbocycles. The van der Waals surface area contributed by atoms with Crippen LogP contribution in [0.3, 0.4) is 0 Å². The Labute approximate surface area is 209 Å². The predicted octanol–water partition coefficient (Wildman–Crippen LogP) is 6.94. The maximum atomic E-state index is 13.8. The number of piperazine rings is 1. The molecule has 1 aliphatic heterocycles. The van der Waals surface area contributed by atoms with Crippen molar-refractivity contribution in [2.75, 3.05) is 24.5 Å². The molecular weight excluding hydrogens is 462 g/mol. The second-order valence-corrected chi connectivity index (χ2v) is 10.6. The van der Waals surface area contributed by atoms with Crippen molar-refractivity contribution in [3.05, 3.63) is 88.6 Å². The number of hydrogen-bond acceptors (Lipinski definition) is 3. The number of H-pyrrole nitrogens is 1. The Hall–Kier alpha value is -2.89. The number of nitrogens with one attached hydrogen (secondary N) is 1. The Balaban J connectivity index is 1.44. The molecule has 1 aliphatic rings. The van der Waals surface area contributed by atoms with Crippen molar-refractivity contribution in [3.8, 4) is 0 Å². The minimum Gasteiger partial charge on any atom is -0.365 e. The first kappa shape index (κ1) is 22.9. The van der Waals surface area contributed by atoms with Gasteiger partial charge in [-0.2, -0.15) is 0 Å². The SMILES string of the molecule is Cc1cccc(N2CCN(C(=O)c3[nH]c4cc(C)ccc4c3Sc3ccc(Cl)cc3)C[C@@H]2C)c1. The van der Waals surface area contributed by atoms with Gasteiger partial charge in [0, 0.05) is 52.2 Å². The molecule has 4 nitrogen and oxygen atoms in total. The van der Waals surface area contributed by atoms with Gasteiger partial charge in [0.1, 0.15) is 5.69 Å². The fraction of sp³-hybridized carbons (Fsp3) is 0.250. The van der Waals surface area contributed by atoms with Crippen LogP contribution in [-0.2, 0) is 0 Å². The summed E-state index contributed by atoms with van der Waals surface area (Å²) in [4.78, 5) is 23.7. The fourth-order valence-corrected chi connectivity index (χ4v) is 5.82. The topological polar surface area (TPSA) is 39.3 Å². The number of halogens is 1. The van der Waals surface area contributed by atoms with Crippen molar-refractivity contribution in [2.24, 2.45) is 0 Å². The zero-order valence-corrected chi connectivity index (χ0v) is 21.2. The van der Waals surface area contributed by atoms with E-state index in [-0.39, 0.29) is 11.9 Å². The zero-order chi connectivity index (χ0) is 23.8. The van der Waals surface area contributed by atoms with Crippen LogP contribution in [0.25, 0.3) is 10.9 Å². The number of aryl methyl sites for hydroxylation is 2. The highest BCUT2D eigenvalue weighted by Gasteiger charge is 2.30. The smallest absolute Gasteiger partial charge is 0.271 e. The van der Waals surface area contributed by atoms with E-state index < -0.39 is 0 Å². The standard InChI is InChI=1S/C28H28ClN3OS/c1-18-5-4-6-22(15-18)32-14-13-31(17-20(32)3)28(33)26-27(34-23-10-8-21(29)9-11-23)24-12-7-19(2)16-25(24)30-26/h4-12,15-16,20,30H,13-14,17H2,1-3H3/t20-/m0/s1. The normalized spacial score (nSPS) is 16.3. The number of aromatic amines is 1. The van der Waals surface area contributed by atoms with Crippen molar-refractivity contribution >= 4 is 45.9 Å². The van der Waals surface area contributed by atoms with E-state index in [4.69, 9.17) is 11.6 Å². The molecule has 3 aromatic carbocycles. The molecule has 0 unspecified atom stereocenters. The summed E-state index contributed by atoms with van der Waals surface area (Å²) in [6.07, 6.45) is 0. The largest absolute Gasteiger partial charge is 0.365 e. The van der Waals surface area contributed by atoms with Crippen LogP contribution in [0.1, 0.15) is 28.5 Å². The molecule has 1 fully saturated rings. The van der Waals surface area contributed by atoms with Crippen LogP contribution in [0.15, 0.2) is 76.5 Å². The van der Waals surface area contributed by atoms with Crippen LogP contribution in [-0.4, -0.2) is 41.5 Å². The van der Waals surface area contributed by atoms with E-state index in [1.165, 1.54) is 11.3 Å². The molecule has 1 aromatic heterocycles. The van der Waals surface area contributed by atoms with Crippen LogP contribution in [0.4, 0.5) is 5.69 Å². The molecule has 174 valence electrons. The summed E-state index contributed by atoms with van der Waals surface area (Å²) in [5, 5.41) is 1.77. The number of carbonyl (C=O) groups is 1. The number of carbonyl (C=O) groups excluding carboxylic acids is 1. The second-order valence-electron chi connectivity index (χ2n) is 9.07. The summed E-state index contributed by atoms with van der Waals surface area (Å²) in [7, 11) is 0. The van der Waals surface area contributed by atoms with Gasteiger partial charge in [0.2, 0.25) is 0 Å². The lowest BCUT2D eigenvalue weighted by Crippen LogP contribution is -2.54. The quantitative estimate of drug-likeness (QED) is 0.337. The van der Waals surface area contributed by atoms with Crippen LogP contribution in [0.2, 0.25) is 5.02 Å². The first-order valence-corrected chi connectivity index (χ1v) is 12.8. The van der Waals surface area contributed by atoms with Gasteiger partial charge in [0.15, 0.2) is 0 Å². The molecule has 4 aromatic rings. The van der Waals surface area contributed by atoms with Gasteiger partial charge < -0.3 is 14.8 Å². The van der Waals surface area contributed by atoms with Gasteiger partial charge in [0.25, 0.3) is 5.91 Å². The van der Waals surface area contributed by atoms with Crippen LogP contribution >= 0.6 is 23.4 Å². The van der Waals surface area contributed by atoms with E-state index in [9.17, 15) is 4.79 Å². The third-order valence-corrected chi connectivity index (χ3v) is 7.79. The maximum absolute atomic E-state index is 13.8. The number of anilines is 1. The van der Waals surface area contributed by atoms with E-state index >= 15 is 0 Å². The molecular formula is C28H28ClN3OS. The van der Waals surface area contributed by atoms with Gasteiger partial charge in [-0.3, -0.25) is 4.79 Å². The van der Waals surface area contributed by atoms with Crippen molar-refractivity contribution in [3.63, 3.8) is 0 Å². The molecule has 1 amide bonds. The Kier molecular flexibility index (Phi) is 6.32. The summed E-state index contributed by atoms with van der Waals surface area (Å²) in [6, 6.07) is 22.9. The average Bonchev–Trinajstić information content (AvgIpc) is 3.17. The summed E-state index contributed by atoms with van der Waals surface area (Å²) >= 11 is 7.70. The van der Waals surface area contributed by atoms with Crippen molar-refractivity contribution in [2.45, 2.75) is 36.6 Å². The molecule has 0 bridgehead atoms. The number of aromatic nitrogens is 1. The van der Waals surface area contributed by atoms with Gasteiger partial charge in [-0.05, 0) is 74.4 Å². The highest BCUT2D eigenvalue weighted by molar-refractivity contribution is 7.99. The number of nitrogens with zero attached hydrogens (tertiary/aromatic N) is 2. The molecule has 0 aliphatic carbocycles. The van der Waals surface area contributed by atoms with Gasteiger partial charge in [0.05, 0.1) is 4.90 Å². The number of amides is 1. The highest BCUT2D eigenvalue weighted by Crippen LogP contribution is 2.38. The minimum absolute atomic E-state index is 0.0565. The van der Waals surface area contributed by atoms with Gasteiger partial charge in [-0.25, -0.2) is 0 Å². The summed E-state index contributed by atoms with van der Waals surface area (Å²) in [6.45, 7) is 8.57. The van der Waals surface area contributed by atoms with Gasteiger partial charge >= 0.3 is 0 Å². The first-order chi connectivity index (χ1) is 16.4. The maximum Gasteiger partial charge on any atom is 0.271 e. The molecule has 1 N–H and O–H groups in total. The Morgan fingerprint density at radius 2 is 1.76 bits per heavy atom. The summed E-state index contributed by atoms with van der Waals surface area (Å²) in [5.41, 5.74) is 5.29. The van der Waals surface area contributed by atoms with E-state index in [1.54, 1.807) is 11.8 Å². The summed E-state index contributed by atoms with van der Waals surface area (Å²) < 4.78 is 0. The van der Waals surface area contributed by atoms with Crippen LogP contribution in [0, 0.1) is 13.8 Å². The highest BCUT2D eigenvalue weighted by atomic mass is 35.5. The number of fused-ring (bicyclic) bond motifs is 1. The molecule has 5 rings (SSSR count).